The van der Waals surface area contributed by atoms with E-state index < -0.39 is 6.04 Å². The second kappa shape index (κ2) is 8.43. The lowest BCUT2D eigenvalue weighted by atomic mass is 10.1. The zero-order chi connectivity index (χ0) is 17.6. The molecule has 6 nitrogen and oxygen atoms in total. The second-order valence-corrected chi connectivity index (χ2v) is 6.89. The largest absolute Gasteiger partial charge is 0.341 e. The molecular weight excluding hydrogens is 338 g/mol. The minimum Gasteiger partial charge on any atom is -0.341 e. The number of likely N-dealkylation sites (tertiary alicyclic amines) is 1. The van der Waals surface area contributed by atoms with Crippen LogP contribution in [0.4, 0.5) is 0 Å². The fraction of sp³-hybridized carbons (Fsp3) is 0.556. The quantitative estimate of drug-likeness (QED) is 0.832. The van der Waals surface area contributed by atoms with Gasteiger partial charge >= 0.3 is 0 Å². The number of benzene rings is 1. The number of amides is 1. The fourth-order valence-electron chi connectivity index (χ4n) is 3.19. The van der Waals surface area contributed by atoms with Gasteiger partial charge in [0.25, 0.3) is 0 Å². The summed E-state index contributed by atoms with van der Waals surface area (Å²) in [6.07, 6.45) is 6.46. The molecule has 1 atom stereocenters. The van der Waals surface area contributed by atoms with Crippen molar-refractivity contribution in [2.24, 2.45) is 0 Å². The van der Waals surface area contributed by atoms with Gasteiger partial charge in [-0.25, -0.2) is 0 Å². The fourth-order valence-corrected chi connectivity index (χ4v) is 3.31. The normalized spacial score (nSPS) is 17.0. The molecule has 1 aliphatic rings. The number of hydrogen-bond acceptors (Lipinski definition) is 4. The lowest BCUT2D eigenvalue weighted by Crippen LogP contribution is -2.39. The van der Waals surface area contributed by atoms with Gasteiger partial charge in [-0.2, -0.15) is 4.80 Å². The van der Waals surface area contributed by atoms with Crippen molar-refractivity contribution in [1.29, 1.82) is 0 Å². The van der Waals surface area contributed by atoms with Crippen LogP contribution in [0, 0.1) is 0 Å². The highest BCUT2D eigenvalue weighted by atomic mass is 35.5. The predicted molar refractivity (Wildman–Crippen MR) is 97.3 cm³/mol. The summed E-state index contributed by atoms with van der Waals surface area (Å²) >= 11 is 5.92. The SMILES string of the molecule is CCC(C(=O)N1CCCCCCC1)n1nnc(-c2ccc(Cl)cc2)n1. The van der Waals surface area contributed by atoms with Crippen LogP contribution in [0.25, 0.3) is 11.4 Å². The number of rotatable bonds is 4. The van der Waals surface area contributed by atoms with Crippen molar-refractivity contribution in [1.82, 2.24) is 25.1 Å². The van der Waals surface area contributed by atoms with Gasteiger partial charge in [0, 0.05) is 23.7 Å². The van der Waals surface area contributed by atoms with E-state index >= 15 is 0 Å². The van der Waals surface area contributed by atoms with Crippen molar-refractivity contribution < 1.29 is 4.79 Å². The summed E-state index contributed by atoms with van der Waals surface area (Å²) in [5, 5.41) is 13.4. The van der Waals surface area contributed by atoms with E-state index in [4.69, 9.17) is 11.6 Å². The lowest BCUT2D eigenvalue weighted by molar-refractivity contribution is -0.136. The summed E-state index contributed by atoms with van der Waals surface area (Å²) in [6.45, 7) is 3.64. The van der Waals surface area contributed by atoms with Gasteiger partial charge in [-0.15, -0.1) is 10.2 Å². The van der Waals surface area contributed by atoms with Crippen LogP contribution in [0.1, 0.15) is 51.5 Å². The van der Waals surface area contributed by atoms with Crippen molar-refractivity contribution in [3.8, 4) is 11.4 Å². The highest BCUT2D eigenvalue weighted by molar-refractivity contribution is 6.30. The Labute approximate surface area is 153 Å². The van der Waals surface area contributed by atoms with Crippen molar-refractivity contribution in [3.63, 3.8) is 0 Å². The van der Waals surface area contributed by atoms with Gasteiger partial charge in [-0.05, 0) is 48.7 Å². The molecule has 0 saturated carbocycles. The van der Waals surface area contributed by atoms with Crippen molar-refractivity contribution in [2.75, 3.05) is 13.1 Å². The average Bonchev–Trinajstić information content (AvgIpc) is 3.05. The van der Waals surface area contributed by atoms with E-state index in [0.29, 0.717) is 17.3 Å². The standard InChI is InChI=1S/C18H24ClN5O/c1-2-16(18(25)23-12-6-4-3-5-7-13-23)24-21-17(20-22-24)14-8-10-15(19)11-9-14/h8-11,16H,2-7,12-13H2,1H3. The first-order chi connectivity index (χ1) is 12.2. The third-order valence-corrected chi connectivity index (χ3v) is 4.90. The van der Waals surface area contributed by atoms with Crippen LogP contribution >= 0.6 is 11.6 Å². The van der Waals surface area contributed by atoms with Crippen molar-refractivity contribution in [2.45, 2.75) is 51.5 Å². The number of tetrazole rings is 1. The molecule has 134 valence electrons. The zero-order valence-corrected chi connectivity index (χ0v) is 15.3. The van der Waals surface area contributed by atoms with Crippen LogP contribution in [0.15, 0.2) is 24.3 Å². The second-order valence-electron chi connectivity index (χ2n) is 6.46. The molecule has 0 aliphatic carbocycles. The first-order valence-electron chi connectivity index (χ1n) is 9.03. The summed E-state index contributed by atoms with van der Waals surface area (Å²) in [5.41, 5.74) is 0.837. The number of hydrogen-bond donors (Lipinski definition) is 0. The van der Waals surface area contributed by atoms with E-state index in [1.54, 1.807) is 12.1 Å². The highest BCUT2D eigenvalue weighted by Gasteiger charge is 2.27. The van der Waals surface area contributed by atoms with Crippen molar-refractivity contribution >= 4 is 17.5 Å². The van der Waals surface area contributed by atoms with Crippen molar-refractivity contribution in [3.05, 3.63) is 29.3 Å². The smallest absolute Gasteiger partial charge is 0.249 e. The van der Waals surface area contributed by atoms with Gasteiger partial charge < -0.3 is 4.90 Å². The molecule has 2 heterocycles. The Kier molecular flexibility index (Phi) is 6.02. The van der Waals surface area contributed by atoms with Crippen LogP contribution in [0.5, 0.6) is 0 Å². The molecule has 1 aromatic heterocycles. The molecule has 1 fully saturated rings. The minimum absolute atomic E-state index is 0.101. The topological polar surface area (TPSA) is 63.9 Å². The molecule has 7 heteroatoms. The summed E-state index contributed by atoms with van der Waals surface area (Å²) < 4.78 is 0. The predicted octanol–water partition coefficient (Wildman–Crippen LogP) is 3.74. The highest BCUT2D eigenvalue weighted by Crippen LogP contribution is 2.20. The van der Waals surface area contributed by atoms with Crippen LogP contribution in [0.3, 0.4) is 0 Å². The molecule has 0 radical (unpaired) electrons. The Balaban J connectivity index is 1.76. The Morgan fingerprint density at radius 1 is 1.12 bits per heavy atom. The van der Waals surface area contributed by atoms with Gasteiger partial charge in [-0.1, -0.05) is 37.8 Å². The van der Waals surface area contributed by atoms with Crippen LogP contribution < -0.4 is 0 Å². The van der Waals surface area contributed by atoms with Gasteiger partial charge in [0.2, 0.25) is 11.7 Å². The molecule has 1 aromatic carbocycles. The molecule has 25 heavy (non-hydrogen) atoms. The van der Waals surface area contributed by atoms with E-state index in [1.807, 2.05) is 24.0 Å². The molecule has 1 unspecified atom stereocenters. The van der Waals surface area contributed by atoms with Gasteiger partial charge in [-0.3, -0.25) is 4.79 Å². The average molecular weight is 362 g/mol. The summed E-state index contributed by atoms with van der Waals surface area (Å²) in [6, 6.07) is 6.89. The first-order valence-corrected chi connectivity index (χ1v) is 9.41. The molecule has 1 amide bonds. The monoisotopic (exact) mass is 361 g/mol. The number of aromatic nitrogens is 4. The molecule has 0 bridgehead atoms. The third-order valence-electron chi connectivity index (χ3n) is 4.65. The van der Waals surface area contributed by atoms with Gasteiger partial charge in [0.05, 0.1) is 0 Å². The molecule has 2 aromatic rings. The number of carbonyl (C=O) groups is 1. The number of halogens is 1. The van der Waals surface area contributed by atoms with Gasteiger partial charge in [0.1, 0.15) is 0 Å². The Hall–Kier alpha value is -1.95. The Morgan fingerprint density at radius 3 is 2.40 bits per heavy atom. The van der Waals surface area contributed by atoms with Crippen LogP contribution in [-0.2, 0) is 4.79 Å². The molecular formula is C18H24ClN5O. The van der Waals surface area contributed by atoms with E-state index in [-0.39, 0.29) is 5.91 Å². The molecule has 1 saturated heterocycles. The molecule has 0 spiro atoms. The lowest BCUT2D eigenvalue weighted by Gasteiger charge is -2.27. The van der Waals surface area contributed by atoms with E-state index in [0.717, 1.165) is 31.5 Å². The molecule has 1 aliphatic heterocycles. The molecule has 0 N–H and O–H groups in total. The number of nitrogens with zero attached hydrogens (tertiary/aromatic N) is 5. The summed E-state index contributed by atoms with van der Waals surface area (Å²) in [7, 11) is 0. The van der Waals surface area contributed by atoms with E-state index in [1.165, 1.54) is 24.1 Å². The Morgan fingerprint density at radius 2 is 1.76 bits per heavy atom. The minimum atomic E-state index is -0.395. The van der Waals surface area contributed by atoms with Gasteiger partial charge in [0.15, 0.2) is 6.04 Å². The van der Waals surface area contributed by atoms with E-state index in [2.05, 4.69) is 15.4 Å². The Bertz CT molecular complexity index is 692. The summed E-state index contributed by atoms with van der Waals surface area (Å²) in [5.74, 6) is 0.611. The summed E-state index contributed by atoms with van der Waals surface area (Å²) in [4.78, 5) is 16.4. The van der Waals surface area contributed by atoms with E-state index in [9.17, 15) is 4.79 Å². The maximum atomic E-state index is 13.0. The van der Waals surface area contributed by atoms with Crippen LogP contribution in [-0.4, -0.2) is 44.1 Å². The first kappa shape index (κ1) is 17.9. The number of carbonyl (C=O) groups excluding carboxylic acids is 1. The van der Waals surface area contributed by atoms with Crippen LogP contribution in [0.2, 0.25) is 5.02 Å². The maximum absolute atomic E-state index is 13.0. The molecule has 3 rings (SSSR count). The zero-order valence-electron chi connectivity index (χ0n) is 14.6. The maximum Gasteiger partial charge on any atom is 0.249 e. The third kappa shape index (κ3) is 4.37.